The van der Waals surface area contributed by atoms with Crippen LogP contribution in [0.15, 0.2) is 0 Å². The lowest BCUT2D eigenvalue weighted by atomic mass is 9.87. The summed E-state index contributed by atoms with van der Waals surface area (Å²) in [5.41, 5.74) is -0.654. The first-order valence-corrected chi connectivity index (χ1v) is 11.0. The minimum atomic E-state index is -3.58. The average Bonchev–Trinajstić information content (AvgIpc) is 2.68. The number of ether oxygens (including phenoxy) is 2. The van der Waals surface area contributed by atoms with Gasteiger partial charge in [-0.15, -0.1) is 4.52 Å². The summed E-state index contributed by atoms with van der Waals surface area (Å²) < 4.78 is 26.4. The van der Waals surface area contributed by atoms with Gasteiger partial charge in [-0.05, 0) is 6.42 Å². The van der Waals surface area contributed by atoms with Gasteiger partial charge in [-0.1, -0.05) is 13.8 Å². The van der Waals surface area contributed by atoms with Gasteiger partial charge in [0.25, 0.3) is 5.91 Å². The molecule has 11 heteroatoms. The van der Waals surface area contributed by atoms with Crippen molar-refractivity contribution in [1.29, 1.82) is 0 Å². The third kappa shape index (κ3) is 7.18. The number of methoxy groups -OCH3 is 1. The topological polar surface area (TPSA) is 116 Å². The Bertz CT molecular complexity index is 529. The third-order valence-corrected chi connectivity index (χ3v) is 6.06. The molecule has 2 fully saturated rings. The number of esters is 1. The average molecular weight is 423 g/mol. The largest absolute Gasteiger partial charge is 0.573 e. The second-order valence-electron chi connectivity index (χ2n) is 7.47. The van der Waals surface area contributed by atoms with Crippen LogP contribution in [0.5, 0.6) is 0 Å². The maximum Gasteiger partial charge on any atom is 0.573 e. The van der Waals surface area contributed by atoms with E-state index in [-0.39, 0.29) is 26.2 Å². The summed E-state index contributed by atoms with van der Waals surface area (Å²) in [6.45, 7) is 8.17. The second-order valence-corrected chi connectivity index (χ2v) is 9.14. The van der Waals surface area contributed by atoms with E-state index < -0.39 is 31.6 Å². The lowest BCUT2D eigenvalue weighted by Crippen LogP contribution is -2.50. The fraction of sp³-hybridized carbons (Fsp3) is 0.882. The van der Waals surface area contributed by atoms with Crippen LogP contribution < -0.4 is 5.32 Å². The zero-order valence-electron chi connectivity index (χ0n) is 16.8. The van der Waals surface area contributed by atoms with Crippen LogP contribution in [0, 0.1) is 5.41 Å². The van der Waals surface area contributed by atoms with Gasteiger partial charge in [-0.3, -0.25) is 14.5 Å². The van der Waals surface area contributed by atoms with Crippen LogP contribution >= 0.6 is 8.17 Å². The van der Waals surface area contributed by atoms with Crippen molar-refractivity contribution in [2.45, 2.75) is 32.8 Å². The number of nitrogens with zero attached hydrogens (tertiary/aromatic N) is 1. The Kier molecular flexibility index (Phi) is 9.01. The summed E-state index contributed by atoms with van der Waals surface area (Å²) in [6.07, 6.45) is -0.186. The number of amides is 1. The van der Waals surface area contributed by atoms with Gasteiger partial charge in [0.1, 0.15) is 13.2 Å². The molecule has 0 aromatic rings. The Morgan fingerprint density at radius 3 is 2.71 bits per heavy atom. The number of carbonyl (C=O) groups is 2. The predicted molar refractivity (Wildman–Crippen MR) is 101 cm³/mol. The molecule has 2 aliphatic heterocycles. The van der Waals surface area contributed by atoms with Gasteiger partial charge in [0, 0.05) is 31.6 Å². The molecule has 1 amide bonds. The Morgan fingerprint density at radius 1 is 1.32 bits per heavy atom. The standard InChI is InChI=1S/C17H31N2O8P/c1-17(2)13-26-28(22,25-10-4-7-19-8-11-24-12-9-19)27-15(17)16(21)18-6-5-14(20)23-3/h15,22H,4-13H2,1-3H3/p+1/t15-,28?/m0/s1. The molecule has 0 radical (unpaired) electrons. The molecule has 0 saturated carbocycles. The van der Waals surface area contributed by atoms with Gasteiger partial charge in [0.05, 0.1) is 26.7 Å². The van der Waals surface area contributed by atoms with E-state index in [1.807, 2.05) is 0 Å². The molecule has 2 saturated heterocycles. The number of morpholine rings is 1. The number of rotatable bonds is 9. The zero-order valence-corrected chi connectivity index (χ0v) is 17.7. The molecule has 10 nitrogen and oxygen atoms in total. The van der Waals surface area contributed by atoms with Gasteiger partial charge in [0.15, 0.2) is 6.10 Å². The SMILES string of the molecule is COC(=O)CCNC(=O)[C@@H]1O[P+](O)(OCCCN2CCOCC2)OCC1(C)C. The van der Waals surface area contributed by atoms with E-state index in [1.165, 1.54) is 7.11 Å². The van der Waals surface area contributed by atoms with E-state index in [0.717, 1.165) is 32.8 Å². The molecule has 0 aromatic carbocycles. The van der Waals surface area contributed by atoms with Crippen LogP contribution in [0.1, 0.15) is 26.7 Å². The van der Waals surface area contributed by atoms with Crippen LogP contribution in [-0.4, -0.2) is 87.5 Å². The summed E-state index contributed by atoms with van der Waals surface area (Å²) in [6, 6.07) is 0. The van der Waals surface area contributed by atoms with Gasteiger partial charge in [0.2, 0.25) is 0 Å². The fourth-order valence-electron chi connectivity index (χ4n) is 2.88. The fourth-order valence-corrected chi connectivity index (χ4v) is 4.58. The summed E-state index contributed by atoms with van der Waals surface area (Å²) >= 11 is 0. The van der Waals surface area contributed by atoms with Crippen LogP contribution in [0.2, 0.25) is 0 Å². The van der Waals surface area contributed by atoms with Crippen molar-refractivity contribution in [2.24, 2.45) is 5.41 Å². The molecule has 28 heavy (non-hydrogen) atoms. The van der Waals surface area contributed by atoms with Gasteiger partial charge < -0.3 is 14.8 Å². The van der Waals surface area contributed by atoms with E-state index in [9.17, 15) is 14.5 Å². The third-order valence-electron chi connectivity index (χ3n) is 4.62. The molecule has 0 aliphatic carbocycles. The number of hydrogen-bond donors (Lipinski definition) is 2. The Balaban J connectivity index is 1.79. The Labute approximate surface area is 166 Å². The first-order valence-electron chi connectivity index (χ1n) is 9.50. The monoisotopic (exact) mass is 423 g/mol. The van der Waals surface area contributed by atoms with Crippen LogP contribution in [0.3, 0.4) is 0 Å². The van der Waals surface area contributed by atoms with Gasteiger partial charge >= 0.3 is 14.1 Å². The molecule has 0 bridgehead atoms. The summed E-state index contributed by atoms with van der Waals surface area (Å²) in [7, 11) is -2.29. The first-order chi connectivity index (χ1) is 13.3. The molecule has 2 heterocycles. The van der Waals surface area contributed by atoms with E-state index >= 15 is 0 Å². The normalized spacial score (nSPS) is 27.9. The molecule has 2 aliphatic rings. The lowest BCUT2D eigenvalue weighted by molar-refractivity contribution is -0.144. The Hall–Kier alpha value is -0.870. The molecule has 0 aromatic heterocycles. The van der Waals surface area contributed by atoms with E-state index in [4.69, 9.17) is 18.3 Å². The van der Waals surface area contributed by atoms with Crippen LogP contribution in [0.4, 0.5) is 0 Å². The number of nitrogens with one attached hydrogen (secondary N) is 1. The second kappa shape index (κ2) is 10.8. The van der Waals surface area contributed by atoms with Crippen molar-refractivity contribution >= 4 is 20.0 Å². The number of carbonyl (C=O) groups excluding carboxylic acids is 2. The summed E-state index contributed by atoms with van der Waals surface area (Å²) in [4.78, 5) is 36.5. The lowest BCUT2D eigenvalue weighted by Gasteiger charge is -2.36. The van der Waals surface area contributed by atoms with Crippen molar-refractivity contribution in [3.8, 4) is 0 Å². The van der Waals surface area contributed by atoms with Crippen molar-refractivity contribution < 1.29 is 37.5 Å². The number of hydrogen-bond acceptors (Lipinski definition) is 9. The maximum absolute atomic E-state index is 12.5. The quantitative estimate of drug-likeness (QED) is 0.311. The van der Waals surface area contributed by atoms with Crippen molar-refractivity contribution in [3.63, 3.8) is 0 Å². The molecule has 1 unspecified atom stereocenters. The molecule has 2 atom stereocenters. The maximum atomic E-state index is 12.5. The van der Waals surface area contributed by atoms with Crippen molar-refractivity contribution in [1.82, 2.24) is 10.2 Å². The molecule has 0 spiro atoms. The van der Waals surface area contributed by atoms with Crippen LogP contribution in [0.25, 0.3) is 0 Å². The highest BCUT2D eigenvalue weighted by molar-refractivity contribution is 7.55. The van der Waals surface area contributed by atoms with Crippen molar-refractivity contribution in [2.75, 3.05) is 59.7 Å². The van der Waals surface area contributed by atoms with Crippen LogP contribution in [-0.2, 0) is 32.6 Å². The van der Waals surface area contributed by atoms with Gasteiger partial charge in [-0.25, -0.2) is 0 Å². The first kappa shape index (κ1) is 23.4. The highest BCUT2D eigenvalue weighted by Gasteiger charge is 2.59. The zero-order chi connectivity index (χ0) is 20.6. The van der Waals surface area contributed by atoms with E-state index in [2.05, 4.69) is 15.0 Å². The Morgan fingerprint density at radius 2 is 2.04 bits per heavy atom. The smallest absolute Gasteiger partial charge is 0.469 e. The van der Waals surface area contributed by atoms with Crippen molar-refractivity contribution in [3.05, 3.63) is 0 Å². The van der Waals surface area contributed by atoms with E-state index in [1.54, 1.807) is 13.8 Å². The van der Waals surface area contributed by atoms with Gasteiger partial charge in [-0.2, -0.15) is 13.9 Å². The van der Waals surface area contributed by atoms with E-state index in [0.29, 0.717) is 6.42 Å². The molecular weight excluding hydrogens is 391 g/mol. The highest BCUT2D eigenvalue weighted by Crippen LogP contribution is 2.64. The predicted octanol–water partition coefficient (Wildman–Crippen LogP) is 0.516. The molecule has 2 rings (SSSR count). The summed E-state index contributed by atoms with van der Waals surface area (Å²) in [5, 5.41) is 2.63. The molecule has 162 valence electrons. The summed E-state index contributed by atoms with van der Waals surface area (Å²) in [5.74, 6) is -0.840. The minimum Gasteiger partial charge on any atom is -0.469 e. The molecule has 2 N–H and O–H groups in total. The molecular formula is C17H32N2O8P+. The highest BCUT2D eigenvalue weighted by atomic mass is 31.2. The minimum absolute atomic E-state index is 0.0589.